The van der Waals surface area contributed by atoms with Crippen LogP contribution in [0, 0.1) is 5.92 Å². The largest absolute Gasteiger partial charge is 0.497 e. The van der Waals surface area contributed by atoms with Gasteiger partial charge in [0.2, 0.25) is 5.91 Å². The maximum Gasteiger partial charge on any atom is 0.228 e. The van der Waals surface area contributed by atoms with Crippen LogP contribution < -0.4 is 15.0 Å². The Morgan fingerprint density at radius 1 is 1.16 bits per heavy atom. The molecule has 25 heavy (non-hydrogen) atoms. The van der Waals surface area contributed by atoms with E-state index in [9.17, 15) is 4.79 Å². The minimum absolute atomic E-state index is 0.0206. The first-order valence-corrected chi connectivity index (χ1v) is 8.92. The van der Waals surface area contributed by atoms with E-state index in [0.717, 1.165) is 36.0 Å². The summed E-state index contributed by atoms with van der Waals surface area (Å²) in [5, 5.41) is 2.97. The van der Waals surface area contributed by atoms with Crippen molar-refractivity contribution in [2.75, 3.05) is 30.4 Å². The third-order valence-corrected chi connectivity index (χ3v) is 4.80. The molecule has 3 rings (SSSR count). The second-order valence-electron chi connectivity index (χ2n) is 6.79. The summed E-state index contributed by atoms with van der Waals surface area (Å²) in [5.41, 5.74) is 3.01. The van der Waals surface area contributed by atoms with Crippen molar-refractivity contribution in [2.45, 2.75) is 26.2 Å². The predicted octanol–water partition coefficient (Wildman–Crippen LogP) is 4.11. The smallest absolute Gasteiger partial charge is 0.228 e. The van der Waals surface area contributed by atoms with Crippen molar-refractivity contribution in [1.82, 2.24) is 0 Å². The molecule has 1 fully saturated rings. The molecule has 1 aliphatic rings. The first-order chi connectivity index (χ1) is 12.1. The Labute approximate surface area is 149 Å². The highest BCUT2D eigenvalue weighted by atomic mass is 16.5. The fourth-order valence-corrected chi connectivity index (χ4v) is 3.20. The van der Waals surface area contributed by atoms with Crippen LogP contribution in [0.4, 0.5) is 11.4 Å². The molecule has 2 aromatic carbocycles. The number of nitrogens with zero attached hydrogens (tertiary/aromatic N) is 1. The molecule has 0 aliphatic carbocycles. The van der Waals surface area contributed by atoms with Crippen molar-refractivity contribution >= 4 is 17.3 Å². The van der Waals surface area contributed by atoms with Crippen molar-refractivity contribution in [3.05, 3.63) is 54.1 Å². The van der Waals surface area contributed by atoms with Gasteiger partial charge >= 0.3 is 0 Å². The van der Waals surface area contributed by atoms with Gasteiger partial charge in [-0.25, -0.2) is 0 Å². The van der Waals surface area contributed by atoms with Crippen molar-refractivity contribution in [3.8, 4) is 5.75 Å². The van der Waals surface area contributed by atoms with E-state index in [1.54, 1.807) is 7.11 Å². The highest BCUT2D eigenvalue weighted by Crippen LogP contribution is 2.24. The molecule has 1 heterocycles. The number of hydrogen-bond acceptors (Lipinski definition) is 3. The molecule has 1 N–H and O–H groups in total. The molecular weight excluding hydrogens is 312 g/mol. The van der Waals surface area contributed by atoms with E-state index >= 15 is 0 Å². The van der Waals surface area contributed by atoms with E-state index in [1.807, 2.05) is 36.4 Å². The third kappa shape index (κ3) is 4.75. The number of rotatable bonds is 5. The van der Waals surface area contributed by atoms with Crippen LogP contribution in [0.3, 0.4) is 0 Å². The number of anilines is 2. The van der Waals surface area contributed by atoms with Gasteiger partial charge in [-0.15, -0.1) is 0 Å². The number of benzene rings is 2. The predicted molar refractivity (Wildman–Crippen MR) is 102 cm³/mol. The Morgan fingerprint density at radius 3 is 2.56 bits per heavy atom. The van der Waals surface area contributed by atoms with Gasteiger partial charge in [-0.05, 0) is 60.7 Å². The molecule has 0 spiro atoms. The number of piperidine rings is 1. The van der Waals surface area contributed by atoms with Crippen molar-refractivity contribution < 1.29 is 9.53 Å². The standard InChI is InChI=1S/C21H26N2O2/c1-16-10-12-23(13-11-16)19-8-6-18(7-9-19)22-21(24)15-17-4-3-5-20(14-17)25-2/h3-9,14,16H,10-13,15H2,1-2H3,(H,22,24). The highest BCUT2D eigenvalue weighted by Gasteiger charge is 2.15. The highest BCUT2D eigenvalue weighted by molar-refractivity contribution is 5.92. The number of nitrogens with one attached hydrogen (secondary N) is 1. The fourth-order valence-electron chi connectivity index (χ4n) is 3.20. The molecular formula is C21H26N2O2. The van der Waals surface area contributed by atoms with Gasteiger partial charge in [0, 0.05) is 24.5 Å². The third-order valence-electron chi connectivity index (χ3n) is 4.80. The molecule has 0 saturated carbocycles. The molecule has 0 radical (unpaired) electrons. The zero-order chi connectivity index (χ0) is 17.6. The minimum Gasteiger partial charge on any atom is -0.497 e. The molecule has 1 amide bonds. The molecule has 0 unspecified atom stereocenters. The average molecular weight is 338 g/mol. The lowest BCUT2D eigenvalue weighted by Crippen LogP contribution is -2.32. The van der Waals surface area contributed by atoms with Gasteiger partial charge in [-0.3, -0.25) is 4.79 Å². The van der Waals surface area contributed by atoms with Gasteiger partial charge in [-0.1, -0.05) is 19.1 Å². The summed E-state index contributed by atoms with van der Waals surface area (Å²) >= 11 is 0. The van der Waals surface area contributed by atoms with Crippen LogP contribution in [0.5, 0.6) is 5.75 Å². The van der Waals surface area contributed by atoms with Crippen LogP contribution in [0.2, 0.25) is 0 Å². The molecule has 132 valence electrons. The van der Waals surface area contributed by atoms with E-state index < -0.39 is 0 Å². The molecule has 1 aliphatic heterocycles. The van der Waals surface area contributed by atoms with Gasteiger partial charge < -0.3 is 15.0 Å². The number of carbonyl (C=O) groups is 1. The van der Waals surface area contributed by atoms with Crippen LogP contribution in [0.25, 0.3) is 0 Å². The zero-order valence-electron chi connectivity index (χ0n) is 15.0. The summed E-state index contributed by atoms with van der Waals surface area (Å²) in [7, 11) is 1.63. The summed E-state index contributed by atoms with van der Waals surface area (Å²) in [6.45, 7) is 4.55. The monoisotopic (exact) mass is 338 g/mol. The second kappa shape index (κ2) is 8.06. The first-order valence-electron chi connectivity index (χ1n) is 8.92. The van der Waals surface area contributed by atoms with Gasteiger partial charge in [0.1, 0.15) is 5.75 Å². The number of carbonyl (C=O) groups excluding carboxylic acids is 1. The topological polar surface area (TPSA) is 41.6 Å². The average Bonchev–Trinajstić information content (AvgIpc) is 2.63. The molecule has 1 saturated heterocycles. The van der Waals surface area contributed by atoms with Crippen molar-refractivity contribution in [2.24, 2.45) is 5.92 Å². The Hall–Kier alpha value is -2.49. The van der Waals surface area contributed by atoms with Crippen LogP contribution in [-0.4, -0.2) is 26.1 Å². The lowest BCUT2D eigenvalue weighted by molar-refractivity contribution is -0.115. The number of hydrogen-bond donors (Lipinski definition) is 1. The van der Waals surface area contributed by atoms with E-state index in [1.165, 1.54) is 18.5 Å². The van der Waals surface area contributed by atoms with Crippen LogP contribution in [0.1, 0.15) is 25.3 Å². The molecule has 2 aromatic rings. The Kier molecular flexibility index (Phi) is 5.59. The number of methoxy groups -OCH3 is 1. The number of amides is 1. The Bertz CT molecular complexity index is 704. The van der Waals surface area contributed by atoms with Gasteiger partial charge in [-0.2, -0.15) is 0 Å². The first kappa shape index (κ1) is 17.3. The molecule has 0 bridgehead atoms. The number of ether oxygens (including phenoxy) is 1. The summed E-state index contributed by atoms with van der Waals surface area (Å²) < 4.78 is 5.20. The van der Waals surface area contributed by atoms with Crippen molar-refractivity contribution in [1.29, 1.82) is 0 Å². The lowest BCUT2D eigenvalue weighted by Gasteiger charge is -2.32. The molecule has 4 heteroatoms. The molecule has 0 atom stereocenters. The Balaban J connectivity index is 1.56. The summed E-state index contributed by atoms with van der Waals surface area (Å²) in [4.78, 5) is 14.7. The lowest BCUT2D eigenvalue weighted by atomic mass is 9.99. The van der Waals surface area contributed by atoms with E-state index in [-0.39, 0.29) is 5.91 Å². The van der Waals surface area contributed by atoms with E-state index in [4.69, 9.17) is 4.74 Å². The fraction of sp³-hybridized carbons (Fsp3) is 0.381. The van der Waals surface area contributed by atoms with Crippen LogP contribution in [-0.2, 0) is 11.2 Å². The van der Waals surface area contributed by atoms with Gasteiger partial charge in [0.05, 0.1) is 13.5 Å². The van der Waals surface area contributed by atoms with Crippen LogP contribution >= 0.6 is 0 Å². The SMILES string of the molecule is COc1cccc(CC(=O)Nc2ccc(N3CCC(C)CC3)cc2)c1. The van der Waals surface area contributed by atoms with E-state index in [0.29, 0.717) is 6.42 Å². The normalized spacial score (nSPS) is 15.0. The van der Waals surface area contributed by atoms with Crippen LogP contribution in [0.15, 0.2) is 48.5 Å². The van der Waals surface area contributed by atoms with Gasteiger partial charge in [0.15, 0.2) is 0 Å². The summed E-state index contributed by atoms with van der Waals surface area (Å²) in [6.07, 6.45) is 2.83. The second-order valence-corrected chi connectivity index (χ2v) is 6.79. The summed E-state index contributed by atoms with van der Waals surface area (Å²) in [6, 6.07) is 15.8. The maximum atomic E-state index is 12.2. The zero-order valence-corrected chi connectivity index (χ0v) is 15.0. The molecule has 4 nitrogen and oxygen atoms in total. The van der Waals surface area contributed by atoms with E-state index in [2.05, 4.69) is 29.3 Å². The minimum atomic E-state index is -0.0206. The summed E-state index contributed by atoms with van der Waals surface area (Å²) in [5.74, 6) is 1.57. The quantitative estimate of drug-likeness (QED) is 0.892. The maximum absolute atomic E-state index is 12.2. The molecule has 0 aromatic heterocycles. The Morgan fingerprint density at radius 2 is 1.88 bits per heavy atom. The van der Waals surface area contributed by atoms with Crippen molar-refractivity contribution in [3.63, 3.8) is 0 Å². The van der Waals surface area contributed by atoms with Gasteiger partial charge in [0.25, 0.3) is 0 Å².